The van der Waals surface area contributed by atoms with Crippen LogP contribution in [0.25, 0.3) is 0 Å². The minimum Gasteiger partial charge on any atom is -0.352 e. The maximum Gasteiger partial charge on any atom is 0.251 e. The fraction of sp³-hybridized carbons (Fsp3) is 0.263. The number of carbonyl (C=O) groups is 2. The second-order valence-corrected chi connectivity index (χ2v) is 5.43. The number of hydrogen-bond acceptors (Lipinski definition) is 2. The lowest BCUT2D eigenvalue weighted by atomic mass is 10.1. The Labute approximate surface area is 141 Å². The van der Waals surface area contributed by atoms with E-state index < -0.39 is 0 Å². The Morgan fingerprint density at radius 1 is 0.875 bits per heavy atom. The van der Waals surface area contributed by atoms with Gasteiger partial charge in [0.15, 0.2) is 0 Å². The molecule has 2 aromatic carbocycles. The van der Waals surface area contributed by atoms with E-state index in [0.29, 0.717) is 36.2 Å². The molecule has 0 saturated heterocycles. The van der Waals surface area contributed by atoms with Crippen molar-refractivity contribution in [1.82, 2.24) is 10.6 Å². The average molecular weight is 328 g/mol. The van der Waals surface area contributed by atoms with Gasteiger partial charge in [0.1, 0.15) is 5.82 Å². The van der Waals surface area contributed by atoms with Gasteiger partial charge < -0.3 is 10.6 Å². The number of carbonyl (C=O) groups excluding carboxylic acids is 2. The zero-order chi connectivity index (χ0) is 17.4. The van der Waals surface area contributed by atoms with Crippen molar-refractivity contribution in [2.45, 2.75) is 19.8 Å². The van der Waals surface area contributed by atoms with E-state index in [1.165, 1.54) is 6.07 Å². The van der Waals surface area contributed by atoms with Crippen molar-refractivity contribution in [2.24, 2.45) is 0 Å². The van der Waals surface area contributed by atoms with Crippen molar-refractivity contribution < 1.29 is 14.0 Å². The molecule has 0 aliphatic heterocycles. The summed E-state index contributed by atoms with van der Waals surface area (Å²) in [6.45, 7) is 2.95. The highest BCUT2D eigenvalue weighted by Crippen LogP contribution is 2.07. The normalized spacial score (nSPS) is 10.2. The van der Waals surface area contributed by atoms with E-state index in [2.05, 4.69) is 10.6 Å². The zero-order valence-corrected chi connectivity index (χ0v) is 13.6. The summed E-state index contributed by atoms with van der Waals surface area (Å²) in [5.41, 5.74) is 1.56. The van der Waals surface area contributed by atoms with E-state index >= 15 is 0 Å². The van der Waals surface area contributed by atoms with E-state index in [1.54, 1.807) is 42.5 Å². The fourth-order valence-corrected chi connectivity index (χ4v) is 2.23. The Morgan fingerprint density at radius 2 is 1.42 bits per heavy atom. The van der Waals surface area contributed by atoms with E-state index in [-0.39, 0.29) is 17.6 Å². The summed E-state index contributed by atoms with van der Waals surface area (Å²) in [7, 11) is 0. The van der Waals surface area contributed by atoms with Gasteiger partial charge in [-0.2, -0.15) is 0 Å². The number of benzene rings is 2. The topological polar surface area (TPSA) is 58.2 Å². The van der Waals surface area contributed by atoms with E-state index in [4.69, 9.17) is 0 Å². The van der Waals surface area contributed by atoms with Crippen LogP contribution in [0.5, 0.6) is 0 Å². The second-order valence-electron chi connectivity index (χ2n) is 5.43. The average Bonchev–Trinajstić information content (AvgIpc) is 2.61. The summed E-state index contributed by atoms with van der Waals surface area (Å²) in [5.74, 6) is -0.663. The second kappa shape index (κ2) is 8.82. The minimum atomic E-state index is -0.269. The highest BCUT2D eigenvalue weighted by molar-refractivity contribution is 5.97. The Kier molecular flexibility index (Phi) is 6.49. The van der Waals surface area contributed by atoms with Crippen LogP contribution in [0.1, 0.15) is 39.6 Å². The summed E-state index contributed by atoms with van der Waals surface area (Å²) in [4.78, 5) is 23.9. The molecule has 0 aliphatic carbocycles. The smallest absolute Gasteiger partial charge is 0.251 e. The van der Waals surface area contributed by atoms with Crippen molar-refractivity contribution in [1.29, 1.82) is 0 Å². The van der Waals surface area contributed by atoms with Gasteiger partial charge in [-0.15, -0.1) is 0 Å². The molecule has 0 aliphatic rings. The first-order valence-electron chi connectivity index (χ1n) is 8.01. The highest BCUT2D eigenvalue weighted by atomic mass is 19.1. The Morgan fingerprint density at radius 3 is 1.96 bits per heavy atom. The number of amides is 2. The summed E-state index contributed by atoms with van der Waals surface area (Å²) < 4.78 is 13.5. The summed E-state index contributed by atoms with van der Waals surface area (Å²) >= 11 is 0. The molecule has 0 bridgehead atoms. The molecular formula is C19H21FN2O2. The van der Waals surface area contributed by atoms with Crippen LogP contribution in [0.3, 0.4) is 0 Å². The monoisotopic (exact) mass is 328 g/mol. The summed E-state index contributed by atoms with van der Waals surface area (Å²) in [5, 5.41) is 5.53. The standard InChI is InChI=1S/C19H21FN2O2/c1-2-12-21-18(23)15-7-9-16(10-8-15)19(24)22-13-11-14-5-3-4-6-17(14)20/h3-10H,2,11-13H2,1H3,(H,21,23)(H,22,24). The molecule has 0 aromatic heterocycles. The molecule has 0 spiro atoms. The van der Waals surface area contributed by atoms with Gasteiger partial charge in [-0.25, -0.2) is 4.39 Å². The molecule has 2 aromatic rings. The van der Waals surface area contributed by atoms with Gasteiger partial charge in [0.05, 0.1) is 0 Å². The van der Waals surface area contributed by atoms with Gasteiger partial charge in [-0.1, -0.05) is 25.1 Å². The number of nitrogens with one attached hydrogen (secondary N) is 2. The lowest BCUT2D eigenvalue weighted by Crippen LogP contribution is -2.26. The van der Waals surface area contributed by atoms with Crippen LogP contribution in [0, 0.1) is 5.82 Å². The van der Waals surface area contributed by atoms with Gasteiger partial charge >= 0.3 is 0 Å². The van der Waals surface area contributed by atoms with Crippen LogP contribution >= 0.6 is 0 Å². The Hall–Kier alpha value is -2.69. The van der Waals surface area contributed by atoms with Gasteiger partial charge in [-0.05, 0) is 48.7 Å². The van der Waals surface area contributed by atoms with Gasteiger partial charge in [0, 0.05) is 24.2 Å². The molecule has 0 unspecified atom stereocenters. The number of halogens is 1. The first kappa shape index (κ1) is 17.7. The third kappa shape index (κ3) is 4.91. The van der Waals surface area contributed by atoms with Crippen LogP contribution in [0.15, 0.2) is 48.5 Å². The van der Waals surface area contributed by atoms with E-state index in [1.807, 2.05) is 6.92 Å². The molecule has 126 valence electrons. The Bertz CT molecular complexity index is 699. The molecule has 0 atom stereocenters. The molecule has 0 heterocycles. The van der Waals surface area contributed by atoms with Crippen molar-refractivity contribution in [3.05, 3.63) is 71.0 Å². The lowest BCUT2D eigenvalue weighted by molar-refractivity contribution is 0.0942. The predicted molar refractivity (Wildman–Crippen MR) is 91.5 cm³/mol. The molecule has 2 amide bonds. The lowest BCUT2D eigenvalue weighted by Gasteiger charge is -2.07. The summed E-state index contributed by atoms with van der Waals surface area (Å²) in [6.07, 6.45) is 1.30. The van der Waals surface area contributed by atoms with Crippen molar-refractivity contribution in [3.8, 4) is 0 Å². The predicted octanol–water partition coefficient (Wildman–Crippen LogP) is 2.94. The van der Waals surface area contributed by atoms with Crippen LogP contribution in [0.4, 0.5) is 4.39 Å². The molecule has 2 N–H and O–H groups in total. The highest BCUT2D eigenvalue weighted by Gasteiger charge is 2.08. The van der Waals surface area contributed by atoms with Gasteiger partial charge in [-0.3, -0.25) is 9.59 Å². The van der Waals surface area contributed by atoms with Crippen molar-refractivity contribution >= 4 is 11.8 Å². The largest absolute Gasteiger partial charge is 0.352 e. The number of hydrogen-bond donors (Lipinski definition) is 2. The minimum absolute atomic E-state index is 0.150. The van der Waals surface area contributed by atoms with Crippen LogP contribution in [0.2, 0.25) is 0 Å². The first-order chi connectivity index (χ1) is 11.6. The molecule has 0 saturated carbocycles. The van der Waals surface area contributed by atoms with Crippen LogP contribution in [-0.2, 0) is 6.42 Å². The molecule has 0 radical (unpaired) electrons. The first-order valence-corrected chi connectivity index (χ1v) is 8.01. The van der Waals surface area contributed by atoms with Crippen LogP contribution in [-0.4, -0.2) is 24.9 Å². The van der Waals surface area contributed by atoms with Crippen LogP contribution < -0.4 is 10.6 Å². The molecule has 2 rings (SSSR count). The maximum absolute atomic E-state index is 13.5. The molecular weight excluding hydrogens is 307 g/mol. The van der Waals surface area contributed by atoms with E-state index in [9.17, 15) is 14.0 Å². The van der Waals surface area contributed by atoms with Gasteiger partial charge in [0.25, 0.3) is 11.8 Å². The molecule has 5 heteroatoms. The van der Waals surface area contributed by atoms with E-state index in [0.717, 1.165) is 6.42 Å². The SMILES string of the molecule is CCCNC(=O)c1ccc(C(=O)NCCc2ccccc2F)cc1. The maximum atomic E-state index is 13.5. The summed E-state index contributed by atoms with van der Waals surface area (Å²) in [6, 6.07) is 13.0. The zero-order valence-electron chi connectivity index (χ0n) is 13.6. The van der Waals surface area contributed by atoms with Crippen molar-refractivity contribution in [2.75, 3.05) is 13.1 Å². The fourth-order valence-electron chi connectivity index (χ4n) is 2.23. The van der Waals surface area contributed by atoms with Crippen molar-refractivity contribution in [3.63, 3.8) is 0 Å². The molecule has 4 nitrogen and oxygen atoms in total. The van der Waals surface area contributed by atoms with Gasteiger partial charge in [0.2, 0.25) is 0 Å². The third-order valence-electron chi connectivity index (χ3n) is 3.58. The number of rotatable bonds is 7. The quantitative estimate of drug-likeness (QED) is 0.821. The molecule has 24 heavy (non-hydrogen) atoms. The Balaban J connectivity index is 1.86. The molecule has 0 fully saturated rings. The third-order valence-corrected chi connectivity index (χ3v) is 3.58.